The Kier molecular flexibility index (Phi) is 8.55. The van der Waals surface area contributed by atoms with Crippen LogP contribution in [0.25, 0.3) is 0 Å². The lowest BCUT2D eigenvalue weighted by Gasteiger charge is -2.61. The van der Waals surface area contributed by atoms with Crippen LogP contribution in [0.5, 0.6) is 11.5 Å². The van der Waals surface area contributed by atoms with Crippen molar-refractivity contribution in [1.82, 2.24) is 10.2 Å². The average Bonchev–Trinajstić information content (AvgIpc) is 3.33. The van der Waals surface area contributed by atoms with Crippen molar-refractivity contribution in [3.63, 3.8) is 0 Å². The molecular weight excluding hydrogens is 596 g/mol. The van der Waals surface area contributed by atoms with Gasteiger partial charge in [0.1, 0.15) is 11.9 Å². The van der Waals surface area contributed by atoms with Gasteiger partial charge in [0.25, 0.3) is 0 Å². The van der Waals surface area contributed by atoms with Gasteiger partial charge in [-0.3, -0.25) is 14.4 Å². The van der Waals surface area contributed by atoms with E-state index in [0.29, 0.717) is 24.9 Å². The minimum Gasteiger partial charge on any atom is -0.504 e. The quantitative estimate of drug-likeness (QED) is 0.152. The van der Waals surface area contributed by atoms with Crippen LogP contribution in [0.15, 0.2) is 24.0 Å². The first-order valence-electron chi connectivity index (χ1n) is 14.6. The monoisotopic (exact) mass is 632 g/mol. The maximum atomic E-state index is 13.3. The number of likely N-dealkylation sites (tertiary alicyclic amines) is 1. The van der Waals surface area contributed by atoms with Crippen molar-refractivity contribution < 1.29 is 63.3 Å². The summed E-state index contributed by atoms with van der Waals surface area (Å²) < 4.78 is 21.9. The molecule has 1 aromatic rings. The molecule has 0 unspecified atom stereocenters. The molecule has 15 heteroatoms. The van der Waals surface area contributed by atoms with Gasteiger partial charge >= 0.3 is 23.9 Å². The average molecular weight is 633 g/mol. The number of nitrogens with one attached hydrogen (secondary N) is 1. The van der Waals surface area contributed by atoms with Gasteiger partial charge in [-0.25, -0.2) is 9.59 Å². The number of carbonyl (C=O) groups excluding carboxylic acids is 4. The third-order valence-electron chi connectivity index (χ3n) is 9.12. The highest BCUT2D eigenvalue weighted by Crippen LogP contribution is 2.65. The number of aliphatic hydroxyl groups excluding tert-OH is 1. The van der Waals surface area contributed by atoms with E-state index in [1.165, 1.54) is 19.1 Å². The fourth-order valence-corrected chi connectivity index (χ4v) is 6.89. The number of likely N-dealkylation sites (N-methyl/N-ethyl adjacent to an activating group) is 1. The van der Waals surface area contributed by atoms with Gasteiger partial charge < -0.3 is 49.6 Å². The van der Waals surface area contributed by atoms with Crippen LogP contribution in [0.4, 0.5) is 0 Å². The number of phenols is 1. The molecule has 1 spiro atoms. The van der Waals surface area contributed by atoms with E-state index in [9.17, 15) is 39.3 Å². The summed E-state index contributed by atoms with van der Waals surface area (Å²) in [5, 5.41) is 43.6. The molecule has 45 heavy (non-hydrogen) atoms. The van der Waals surface area contributed by atoms with Crippen molar-refractivity contribution in [2.24, 2.45) is 0 Å². The molecule has 2 bridgehead atoms. The van der Waals surface area contributed by atoms with E-state index in [-0.39, 0.29) is 36.3 Å². The molecule has 5 rings (SSSR count). The maximum Gasteiger partial charge on any atom is 0.348 e. The standard InChI is InChI=1S/C30H36N2O13/c1-14(33)26(37)31-10-7-21(35)44-19(28(40)42-15(2)27(38)39)13-22(36)43-18-6-8-30(41)20-12-16-4-5-17(34)24-23(16)29(30,25(18)45-24)9-11-32(20)3/h4-6,14-15,19-20,25,33-34,41H,7-13H2,1-3H3,(H,31,37)(H,38,39)/t14-,15-,19-,20+,25-,29-,30+/m0/s1. The molecule has 0 radical (unpaired) electrons. The predicted octanol–water partition coefficient (Wildman–Crippen LogP) is -0.582. The Hall–Kier alpha value is -4.21. The minimum atomic E-state index is -1.89. The van der Waals surface area contributed by atoms with Crippen LogP contribution in [-0.2, 0) is 50.0 Å². The number of aromatic hydroxyl groups is 1. The van der Waals surface area contributed by atoms with Crippen LogP contribution in [-0.4, -0.2) is 111 Å². The van der Waals surface area contributed by atoms with E-state index in [2.05, 4.69) is 10.2 Å². The van der Waals surface area contributed by atoms with Gasteiger partial charge in [-0.2, -0.15) is 0 Å². The van der Waals surface area contributed by atoms with Crippen molar-refractivity contribution in [3.8, 4) is 11.5 Å². The van der Waals surface area contributed by atoms with Gasteiger partial charge in [-0.05, 0) is 58.0 Å². The highest BCUT2D eigenvalue weighted by molar-refractivity contribution is 5.87. The fourth-order valence-electron chi connectivity index (χ4n) is 6.89. The van der Waals surface area contributed by atoms with E-state index < -0.39 is 78.1 Å². The van der Waals surface area contributed by atoms with Crippen LogP contribution in [0.2, 0.25) is 0 Å². The summed E-state index contributed by atoms with van der Waals surface area (Å²) in [6, 6.07) is 3.06. The molecule has 1 fully saturated rings. The Morgan fingerprint density at radius 1 is 1.16 bits per heavy atom. The van der Waals surface area contributed by atoms with Crippen LogP contribution >= 0.6 is 0 Å². The van der Waals surface area contributed by atoms with Crippen LogP contribution in [0, 0.1) is 0 Å². The summed E-state index contributed by atoms with van der Waals surface area (Å²) in [6.45, 7) is 2.66. The topological polar surface area (TPSA) is 218 Å². The van der Waals surface area contributed by atoms with Crippen molar-refractivity contribution in [3.05, 3.63) is 35.1 Å². The first kappa shape index (κ1) is 32.2. The number of hydrogen-bond acceptors (Lipinski definition) is 13. The van der Waals surface area contributed by atoms with E-state index >= 15 is 0 Å². The Balaban J connectivity index is 1.35. The first-order valence-corrected chi connectivity index (χ1v) is 14.6. The second-order valence-corrected chi connectivity index (χ2v) is 11.9. The number of carbonyl (C=O) groups is 5. The van der Waals surface area contributed by atoms with Gasteiger partial charge in [0.05, 0.1) is 23.9 Å². The van der Waals surface area contributed by atoms with Gasteiger partial charge in [-0.1, -0.05) is 6.07 Å². The van der Waals surface area contributed by atoms with Crippen LogP contribution < -0.4 is 10.1 Å². The molecule has 7 atom stereocenters. The summed E-state index contributed by atoms with van der Waals surface area (Å²) in [7, 11) is 1.93. The number of benzene rings is 1. The molecule has 2 aliphatic carbocycles. The lowest BCUT2D eigenvalue weighted by Crippen LogP contribution is -2.74. The minimum absolute atomic E-state index is 0.0506. The number of aliphatic hydroxyl groups is 2. The normalized spacial score (nSPS) is 27.9. The number of rotatable bonds is 11. The SMILES string of the molecule is C[C@H](O)C(=O)NCCC(=O)O[C@@H](CC(=O)OC1=CC[C@@]2(O)[C@H]3Cc4ccc(O)c5c4[C@@]2(CCN3C)[C@H]1O5)C(=O)O[C@@H](C)C(=O)O. The highest BCUT2D eigenvalue weighted by atomic mass is 16.6. The summed E-state index contributed by atoms with van der Waals surface area (Å²) in [5.41, 5.74) is -0.744. The Bertz CT molecular complexity index is 1460. The van der Waals surface area contributed by atoms with Gasteiger partial charge in [-0.15, -0.1) is 0 Å². The number of carboxylic acids is 1. The second kappa shape index (κ2) is 11.9. The molecule has 4 aliphatic rings. The molecule has 15 nitrogen and oxygen atoms in total. The third kappa shape index (κ3) is 5.48. The lowest BCUT2D eigenvalue weighted by molar-refractivity contribution is -0.179. The number of hydrogen-bond donors (Lipinski definition) is 5. The highest BCUT2D eigenvalue weighted by Gasteiger charge is 2.72. The van der Waals surface area contributed by atoms with Gasteiger partial charge in [0.2, 0.25) is 12.0 Å². The molecule has 1 amide bonds. The number of amides is 1. The van der Waals surface area contributed by atoms with E-state index in [4.69, 9.17) is 24.1 Å². The zero-order valence-electron chi connectivity index (χ0n) is 25.0. The molecule has 2 aliphatic heterocycles. The Morgan fingerprint density at radius 3 is 2.58 bits per heavy atom. The number of aliphatic carboxylic acids is 1. The molecule has 244 valence electrons. The van der Waals surface area contributed by atoms with Crippen molar-refractivity contribution in [1.29, 1.82) is 0 Å². The zero-order valence-corrected chi connectivity index (χ0v) is 25.0. The van der Waals surface area contributed by atoms with E-state index in [1.54, 1.807) is 6.07 Å². The van der Waals surface area contributed by atoms with Crippen LogP contribution in [0.1, 0.15) is 50.7 Å². The van der Waals surface area contributed by atoms with Gasteiger partial charge in [0, 0.05) is 24.6 Å². The first-order chi connectivity index (χ1) is 21.2. The van der Waals surface area contributed by atoms with Gasteiger partial charge in [0.15, 0.2) is 23.7 Å². The summed E-state index contributed by atoms with van der Waals surface area (Å²) in [5.74, 6) is -5.42. The Labute approximate surface area is 257 Å². The summed E-state index contributed by atoms with van der Waals surface area (Å²) in [6.07, 6.45) is -4.50. The summed E-state index contributed by atoms with van der Waals surface area (Å²) in [4.78, 5) is 63.4. The molecule has 1 aromatic carbocycles. The zero-order chi connectivity index (χ0) is 32.8. The smallest absolute Gasteiger partial charge is 0.348 e. The molecule has 0 aromatic heterocycles. The molecule has 0 saturated carbocycles. The second-order valence-electron chi connectivity index (χ2n) is 11.9. The number of esters is 3. The maximum absolute atomic E-state index is 13.3. The van der Waals surface area contributed by atoms with Crippen molar-refractivity contribution in [2.45, 2.75) is 87.4 Å². The molecule has 2 heterocycles. The number of carboxylic acid groups (broad SMARTS) is 1. The molecule has 1 saturated heterocycles. The fraction of sp³-hybridized carbons (Fsp3) is 0.567. The number of ether oxygens (including phenoxy) is 4. The number of phenolic OH excluding ortho intramolecular Hbond substituents is 1. The number of piperidine rings is 1. The molecular formula is C30H36N2O13. The lowest BCUT2D eigenvalue weighted by atomic mass is 9.50. The van der Waals surface area contributed by atoms with Crippen molar-refractivity contribution in [2.75, 3.05) is 20.1 Å². The Morgan fingerprint density at radius 2 is 1.89 bits per heavy atom. The third-order valence-corrected chi connectivity index (χ3v) is 9.12. The van der Waals surface area contributed by atoms with Crippen LogP contribution in [0.3, 0.4) is 0 Å². The van der Waals surface area contributed by atoms with E-state index in [1.807, 2.05) is 7.05 Å². The largest absolute Gasteiger partial charge is 0.504 e. The van der Waals surface area contributed by atoms with E-state index in [0.717, 1.165) is 12.5 Å². The predicted molar refractivity (Wildman–Crippen MR) is 150 cm³/mol. The number of nitrogens with zero attached hydrogens (tertiary/aromatic N) is 1. The molecule has 5 N–H and O–H groups in total. The summed E-state index contributed by atoms with van der Waals surface area (Å²) >= 11 is 0. The van der Waals surface area contributed by atoms with Crippen molar-refractivity contribution >= 4 is 29.8 Å².